The Morgan fingerprint density at radius 3 is 1.89 bits per heavy atom. The summed E-state index contributed by atoms with van der Waals surface area (Å²) < 4.78 is 26.0. The first-order valence-corrected chi connectivity index (χ1v) is 11.5. The highest BCUT2D eigenvalue weighted by molar-refractivity contribution is 7.59. The van der Waals surface area contributed by atoms with Gasteiger partial charge < -0.3 is 4.34 Å². The van der Waals surface area contributed by atoms with Gasteiger partial charge in [-0.3, -0.25) is 9.05 Å². The number of benzene rings is 1. The average Bonchev–Trinajstić information content (AvgIpc) is 2.28. The van der Waals surface area contributed by atoms with Gasteiger partial charge >= 0.3 is 7.75 Å². The first-order chi connectivity index (χ1) is 8.85. The van der Waals surface area contributed by atoms with Crippen LogP contribution in [0.25, 0.3) is 0 Å². The maximum atomic E-state index is 13.1. The molecule has 0 fully saturated rings. The molecule has 0 radical (unpaired) electrons. The van der Waals surface area contributed by atoms with E-state index in [0.29, 0.717) is 13.2 Å². The van der Waals surface area contributed by atoms with Gasteiger partial charge in [0.05, 0.1) is 13.2 Å². The predicted molar refractivity (Wildman–Crippen MR) is 83.1 cm³/mol. The second kappa shape index (κ2) is 6.71. The first kappa shape index (κ1) is 16.4. The van der Waals surface area contributed by atoms with Crippen LogP contribution in [-0.4, -0.2) is 21.4 Å². The molecule has 0 spiro atoms. The third-order valence-corrected chi connectivity index (χ3v) is 8.42. The first-order valence-electron chi connectivity index (χ1n) is 6.60. The molecular weight excluding hydrogens is 277 g/mol. The zero-order valence-electron chi connectivity index (χ0n) is 12.4. The van der Waals surface area contributed by atoms with E-state index in [9.17, 15) is 4.57 Å². The minimum absolute atomic E-state index is 0.366. The highest BCUT2D eigenvalue weighted by atomic mass is 31.2. The molecule has 0 unspecified atom stereocenters. The maximum Gasteiger partial charge on any atom is 0.427 e. The molecule has 0 aliphatic carbocycles. The molecule has 0 aromatic heterocycles. The van der Waals surface area contributed by atoms with Crippen LogP contribution in [0.15, 0.2) is 30.3 Å². The fourth-order valence-corrected chi connectivity index (χ4v) is 7.53. The van der Waals surface area contributed by atoms with Gasteiger partial charge in [0.2, 0.25) is 0 Å². The van der Waals surface area contributed by atoms with E-state index < -0.39 is 16.0 Å². The van der Waals surface area contributed by atoms with Crippen molar-refractivity contribution in [2.24, 2.45) is 0 Å². The molecule has 0 aliphatic rings. The number of para-hydroxylation sites is 1. The average molecular weight is 301 g/mol. The maximum absolute atomic E-state index is 13.1. The Balaban J connectivity index is 3.27. The highest BCUT2D eigenvalue weighted by Crippen LogP contribution is 2.56. The lowest BCUT2D eigenvalue weighted by molar-refractivity contribution is 0.221. The summed E-state index contributed by atoms with van der Waals surface area (Å²) in [6, 6.07) is 9.71. The summed E-state index contributed by atoms with van der Waals surface area (Å²) in [6.07, 6.45) is 0. The number of anilines is 1. The van der Waals surface area contributed by atoms with Crippen LogP contribution in [0.3, 0.4) is 0 Å². The lowest BCUT2D eigenvalue weighted by Crippen LogP contribution is -2.44. The van der Waals surface area contributed by atoms with Crippen LogP contribution in [-0.2, 0) is 13.6 Å². The predicted octanol–water partition coefficient (Wildman–Crippen LogP) is 4.51. The Kier molecular flexibility index (Phi) is 5.80. The minimum Gasteiger partial charge on any atom is -0.309 e. The molecule has 0 saturated carbocycles. The zero-order valence-corrected chi connectivity index (χ0v) is 14.3. The van der Waals surface area contributed by atoms with Crippen molar-refractivity contribution in [2.45, 2.75) is 33.5 Å². The lowest BCUT2D eigenvalue weighted by atomic mass is 10.3. The van der Waals surface area contributed by atoms with Crippen molar-refractivity contribution in [3.05, 3.63) is 30.3 Å². The van der Waals surface area contributed by atoms with E-state index in [2.05, 4.69) is 19.6 Å². The van der Waals surface area contributed by atoms with Crippen molar-refractivity contribution >= 4 is 21.7 Å². The van der Waals surface area contributed by atoms with Crippen LogP contribution in [0.1, 0.15) is 13.8 Å². The largest absolute Gasteiger partial charge is 0.427 e. The second-order valence-corrected chi connectivity index (χ2v) is 12.1. The van der Waals surface area contributed by atoms with Crippen molar-refractivity contribution in [3.63, 3.8) is 0 Å². The summed E-state index contributed by atoms with van der Waals surface area (Å²) in [5.74, 6) is 0. The Morgan fingerprint density at radius 2 is 1.53 bits per heavy atom. The van der Waals surface area contributed by atoms with Crippen molar-refractivity contribution in [1.82, 2.24) is 0 Å². The summed E-state index contributed by atoms with van der Waals surface area (Å²) in [6.45, 7) is 10.8. The van der Waals surface area contributed by atoms with Gasteiger partial charge in [0.25, 0.3) is 0 Å². The SMILES string of the molecule is CCOP(=O)(OCC)N(c1ccccc1)[Si](C)(C)C. The van der Waals surface area contributed by atoms with Crippen molar-refractivity contribution in [3.8, 4) is 0 Å². The van der Waals surface area contributed by atoms with Crippen LogP contribution >= 0.6 is 7.75 Å². The highest BCUT2D eigenvalue weighted by Gasteiger charge is 2.41. The van der Waals surface area contributed by atoms with E-state index >= 15 is 0 Å². The van der Waals surface area contributed by atoms with Gasteiger partial charge in [0.1, 0.15) is 0 Å². The van der Waals surface area contributed by atoms with Gasteiger partial charge in [-0.15, -0.1) is 0 Å². The van der Waals surface area contributed by atoms with Crippen LogP contribution in [0.4, 0.5) is 5.69 Å². The molecule has 108 valence electrons. The van der Waals surface area contributed by atoms with E-state index in [-0.39, 0.29) is 0 Å². The molecule has 0 saturated heterocycles. The van der Waals surface area contributed by atoms with E-state index in [4.69, 9.17) is 9.05 Å². The topological polar surface area (TPSA) is 38.8 Å². The van der Waals surface area contributed by atoms with Gasteiger partial charge in [0.15, 0.2) is 8.24 Å². The molecule has 4 nitrogen and oxygen atoms in total. The van der Waals surface area contributed by atoms with Gasteiger partial charge in [-0.1, -0.05) is 37.8 Å². The molecular formula is C13H24NO3PSi. The molecule has 0 amide bonds. The summed E-state index contributed by atoms with van der Waals surface area (Å²) in [5.41, 5.74) is 0.895. The molecule has 1 aromatic carbocycles. The summed E-state index contributed by atoms with van der Waals surface area (Å²) in [5, 5.41) is 0. The lowest BCUT2D eigenvalue weighted by Gasteiger charge is -2.40. The van der Waals surface area contributed by atoms with E-state index in [0.717, 1.165) is 5.69 Å². The molecule has 0 heterocycles. The Morgan fingerprint density at radius 1 is 1.05 bits per heavy atom. The molecule has 0 N–H and O–H groups in total. The number of hydrogen-bond donors (Lipinski definition) is 0. The summed E-state index contributed by atoms with van der Waals surface area (Å²) in [7, 11) is -5.20. The van der Waals surface area contributed by atoms with Crippen molar-refractivity contribution < 1.29 is 13.6 Å². The molecule has 1 rings (SSSR count). The number of nitrogens with zero attached hydrogens (tertiary/aromatic N) is 1. The molecule has 0 atom stereocenters. The van der Waals surface area contributed by atoms with Crippen molar-refractivity contribution in [2.75, 3.05) is 17.5 Å². The Labute approximate surface area is 117 Å². The third kappa shape index (κ3) is 4.18. The molecule has 0 bridgehead atoms. The van der Waals surface area contributed by atoms with Gasteiger partial charge in [-0.2, -0.15) is 0 Å². The third-order valence-electron chi connectivity index (χ3n) is 2.47. The monoisotopic (exact) mass is 301 g/mol. The summed E-state index contributed by atoms with van der Waals surface area (Å²) >= 11 is 0. The normalized spacial score (nSPS) is 12.5. The molecule has 6 heteroatoms. The van der Waals surface area contributed by atoms with E-state index in [1.54, 1.807) is 0 Å². The van der Waals surface area contributed by atoms with Crippen LogP contribution in [0, 0.1) is 0 Å². The fourth-order valence-electron chi connectivity index (χ4n) is 1.94. The van der Waals surface area contributed by atoms with Crippen LogP contribution in [0.5, 0.6) is 0 Å². The van der Waals surface area contributed by atoms with Crippen LogP contribution < -0.4 is 4.34 Å². The fraction of sp³-hybridized carbons (Fsp3) is 0.538. The number of hydrogen-bond acceptors (Lipinski definition) is 3. The van der Waals surface area contributed by atoms with E-state index in [1.165, 1.54) is 0 Å². The number of rotatable bonds is 7. The van der Waals surface area contributed by atoms with Crippen molar-refractivity contribution in [1.29, 1.82) is 0 Å². The second-order valence-electron chi connectivity index (χ2n) is 5.12. The summed E-state index contributed by atoms with van der Waals surface area (Å²) in [4.78, 5) is 0. The zero-order chi connectivity index (χ0) is 14.5. The Bertz CT molecular complexity index is 423. The van der Waals surface area contributed by atoms with Gasteiger partial charge in [-0.05, 0) is 26.0 Å². The molecule has 0 aliphatic heterocycles. The quantitative estimate of drug-likeness (QED) is 0.548. The minimum atomic E-state index is -3.28. The van der Waals surface area contributed by atoms with Crippen LogP contribution in [0.2, 0.25) is 19.6 Å². The Hall–Kier alpha value is -0.613. The smallest absolute Gasteiger partial charge is 0.309 e. The molecule has 19 heavy (non-hydrogen) atoms. The standard InChI is InChI=1S/C13H24NO3PSi/c1-6-16-18(15,17-7-2)14(19(3,4)5)13-11-9-8-10-12-13/h8-12H,6-7H2,1-5H3. The van der Waals surface area contributed by atoms with Gasteiger partial charge in [-0.25, -0.2) is 4.57 Å². The van der Waals surface area contributed by atoms with Gasteiger partial charge in [0, 0.05) is 5.69 Å². The molecule has 1 aromatic rings. The van der Waals surface area contributed by atoms with E-state index in [1.807, 2.05) is 48.5 Å².